The number of Topliss-reactive ketones (excluding diaryl/α,β-unsaturated/α-hetero) is 1. The number of hydrogen-bond donors (Lipinski definition) is 2. The van der Waals surface area contributed by atoms with Crippen LogP contribution in [0.2, 0.25) is 0 Å². The van der Waals surface area contributed by atoms with E-state index in [9.17, 15) is 4.79 Å². The largest absolute Gasteiger partial charge is 0.361 e. The Balaban J connectivity index is 1.35. The summed E-state index contributed by atoms with van der Waals surface area (Å²) in [5, 5.41) is 6.24. The van der Waals surface area contributed by atoms with Crippen molar-refractivity contribution in [2.45, 2.75) is 37.6 Å². The second-order valence-electron chi connectivity index (χ2n) is 9.03. The molecular formula is C29H26N2O. The van der Waals surface area contributed by atoms with Crippen molar-refractivity contribution < 1.29 is 4.79 Å². The maximum atomic E-state index is 13.5. The quantitative estimate of drug-likeness (QED) is 0.350. The van der Waals surface area contributed by atoms with Crippen molar-refractivity contribution in [2.24, 2.45) is 5.73 Å². The van der Waals surface area contributed by atoms with Gasteiger partial charge in [-0.05, 0) is 70.0 Å². The summed E-state index contributed by atoms with van der Waals surface area (Å²) in [6.07, 6.45) is 5.48. The van der Waals surface area contributed by atoms with E-state index in [4.69, 9.17) is 5.73 Å². The molecule has 4 aromatic carbocycles. The molecule has 0 bridgehead atoms. The first-order valence-corrected chi connectivity index (χ1v) is 11.5. The van der Waals surface area contributed by atoms with Crippen molar-refractivity contribution in [2.75, 3.05) is 0 Å². The van der Waals surface area contributed by atoms with Crippen LogP contribution in [0.3, 0.4) is 0 Å². The summed E-state index contributed by atoms with van der Waals surface area (Å²) in [6, 6.07) is 25.0. The number of carbonyl (C=O) groups is 1. The number of H-pyrrole nitrogens is 1. The van der Waals surface area contributed by atoms with Crippen LogP contribution in [0.25, 0.3) is 32.4 Å². The van der Waals surface area contributed by atoms with Gasteiger partial charge in [-0.1, -0.05) is 66.7 Å². The van der Waals surface area contributed by atoms with Crippen molar-refractivity contribution in [3.05, 3.63) is 95.7 Å². The molecule has 1 heterocycles. The smallest absolute Gasteiger partial charge is 0.157 e. The predicted molar refractivity (Wildman–Crippen MR) is 132 cm³/mol. The lowest BCUT2D eigenvalue weighted by Crippen LogP contribution is -2.37. The van der Waals surface area contributed by atoms with Gasteiger partial charge in [-0.3, -0.25) is 4.79 Å². The first-order chi connectivity index (χ1) is 15.7. The summed E-state index contributed by atoms with van der Waals surface area (Å²) in [5.74, 6) is 0.0474. The number of carbonyl (C=O) groups excluding carboxylic acids is 1. The third-order valence-electron chi connectivity index (χ3n) is 7.19. The normalized spacial score (nSPS) is 17.0. The van der Waals surface area contributed by atoms with Gasteiger partial charge in [0.2, 0.25) is 0 Å². The number of fused-ring (bicyclic) bond motifs is 6. The maximum absolute atomic E-state index is 13.5. The standard InChI is InChI=1S/C29H26N2O/c30-27(16-19-17-31-28-11-4-3-8-21(19)28)29(32)26-10-5-9-22-24-13-12-18-6-1-2-7-20(18)23(24)14-15-25(22)26/h1-4,6-8,11-15,17,26-27,31H,5,9-10,16,30H2. The first kappa shape index (κ1) is 19.3. The molecule has 6 rings (SSSR count). The van der Waals surface area contributed by atoms with Crippen LogP contribution in [0.5, 0.6) is 0 Å². The number of aryl methyl sites for hydroxylation is 1. The highest BCUT2D eigenvalue weighted by Crippen LogP contribution is 2.39. The van der Waals surface area contributed by atoms with Gasteiger partial charge in [0, 0.05) is 23.0 Å². The fourth-order valence-electron chi connectivity index (χ4n) is 5.60. The number of ketones is 1. The molecule has 5 aromatic rings. The SMILES string of the molecule is NC(Cc1c[nH]c2ccccc12)C(=O)C1CCCc2c1ccc1c2ccc2ccccc21. The summed E-state index contributed by atoms with van der Waals surface area (Å²) >= 11 is 0. The Hall–Kier alpha value is -3.43. The fourth-order valence-corrected chi connectivity index (χ4v) is 5.60. The molecule has 3 nitrogen and oxygen atoms in total. The van der Waals surface area contributed by atoms with Crippen molar-refractivity contribution in [3.8, 4) is 0 Å². The highest BCUT2D eigenvalue weighted by molar-refractivity contribution is 6.09. The average molecular weight is 419 g/mol. The van der Waals surface area contributed by atoms with Gasteiger partial charge in [-0.15, -0.1) is 0 Å². The molecule has 0 spiro atoms. The van der Waals surface area contributed by atoms with Crippen LogP contribution in [-0.4, -0.2) is 16.8 Å². The van der Waals surface area contributed by atoms with Gasteiger partial charge in [-0.25, -0.2) is 0 Å². The van der Waals surface area contributed by atoms with E-state index in [1.807, 2.05) is 18.3 Å². The van der Waals surface area contributed by atoms with Gasteiger partial charge in [0.15, 0.2) is 5.78 Å². The maximum Gasteiger partial charge on any atom is 0.157 e. The Bertz CT molecular complexity index is 1480. The summed E-state index contributed by atoms with van der Waals surface area (Å²) in [4.78, 5) is 16.8. The average Bonchev–Trinajstić information content (AvgIpc) is 3.25. The second kappa shape index (κ2) is 7.61. The van der Waals surface area contributed by atoms with Crippen LogP contribution in [0.4, 0.5) is 0 Å². The lowest BCUT2D eigenvalue weighted by Gasteiger charge is -2.28. The van der Waals surface area contributed by atoms with E-state index in [2.05, 4.69) is 65.6 Å². The molecule has 1 aliphatic rings. The highest BCUT2D eigenvalue weighted by Gasteiger charge is 2.31. The number of benzene rings is 4. The van der Waals surface area contributed by atoms with Gasteiger partial charge in [0.05, 0.1) is 6.04 Å². The van der Waals surface area contributed by atoms with Crippen LogP contribution in [0, 0.1) is 0 Å². The van der Waals surface area contributed by atoms with Crippen LogP contribution in [0.15, 0.2) is 79.0 Å². The fraction of sp³-hybridized carbons (Fsp3) is 0.207. The molecule has 2 unspecified atom stereocenters. The summed E-state index contributed by atoms with van der Waals surface area (Å²) in [7, 11) is 0. The topological polar surface area (TPSA) is 58.9 Å². The summed E-state index contributed by atoms with van der Waals surface area (Å²) < 4.78 is 0. The van der Waals surface area contributed by atoms with E-state index < -0.39 is 6.04 Å². The molecule has 0 radical (unpaired) electrons. The van der Waals surface area contributed by atoms with E-state index in [-0.39, 0.29) is 11.7 Å². The minimum atomic E-state index is -0.502. The van der Waals surface area contributed by atoms with Crippen molar-refractivity contribution in [1.29, 1.82) is 0 Å². The zero-order chi connectivity index (χ0) is 21.7. The lowest BCUT2D eigenvalue weighted by molar-refractivity contribution is -0.122. The minimum Gasteiger partial charge on any atom is -0.361 e. The molecule has 0 fully saturated rings. The predicted octanol–water partition coefficient (Wildman–Crippen LogP) is 6.03. The summed E-state index contributed by atoms with van der Waals surface area (Å²) in [5.41, 5.74) is 11.2. The molecule has 3 N–H and O–H groups in total. The molecule has 0 aliphatic heterocycles. The van der Waals surface area contributed by atoms with Gasteiger partial charge in [-0.2, -0.15) is 0 Å². The van der Waals surface area contributed by atoms with Gasteiger partial charge >= 0.3 is 0 Å². The molecule has 0 saturated carbocycles. The number of aromatic nitrogens is 1. The Morgan fingerprint density at radius 3 is 2.59 bits per heavy atom. The van der Waals surface area contributed by atoms with Gasteiger partial charge < -0.3 is 10.7 Å². The molecule has 1 aliphatic carbocycles. The van der Waals surface area contributed by atoms with Crippen molar-refractivity contribution in [1.82, 2.24) is 4.98 Å². The number of hydrogen-bond acceptors (Lipinski definition) is 2. The molecule has 32 heavy (non-hydrogen) atoms. The van der Waals surface area contributed by atoms with E-state index in [1.54, 1.807) is 0 Å². The highest BCUT2D eigenvalue weighted by atomic mass is 16.1. The van der Waals surface area contributed by atoms with Crippen LogP contribution < -0.4 is 5.73 Å². The molecular weight excluding hydrogens is 392 g/mol. The number of nitrogens with one attached hydrogen (secondary N) is 1. The molecule has 0 amide bonds. The Morgan fingerprint density at radius 1 is 0.906 bits per heavy atom. The monoisotopic (exact) mass is 418 g/mol. The Morgan fingerprint density at radius 2 is 1.69 bits per heavy atom. The van der Waals surface area contributed by atoms with Crippen LogP contribution in [-0.2, 0) is 17.6 Å². The molecule has 158 valence electrons. The summed E-state index contributed by atoms with van der Waals surface area (Å²) in [6.45, 7) is 0. The second-order valence-corrected chi connectivity index (χ2v) is 9.03. The van der Waals surface area contributed by atoms with E-state index >= 15 is 0 Å². The van der Waals surface area contributed by atoms with E-state index in [0.717, 1.165) is 35.7 Å². The van der Waals surface area contributed by atoms with Crippen LogP contribution in [0.1, 0.15) is 35.4 Å². The van der Waals surface area contributed by atoms with Crippen molar-refractivity contribution in [3.63, 3.8) is 0 Å². The van der Waals surface area contributed by atoms with E-state index in [1.165, 1.54) is 32.7 Å². The molecule has 3 heteroatoms. The number of nitrogens with two attached hydrogens (primary N) is 1. The molecule has 2 atom stereocenters. The van der Waals surface area contributed by atoms with E-state index in [0.29, 0.717) is 6.42 Å². The minimum absolute atomic E-state index is 0.116. The lowest BCUT2D eigenvalue weighted by atomic mass is 9.76. The number of aromatic amines is 1. The molecule has 0 saturated heterocycles. The van der Waals surface area contributed by atoms with Gasteiger partial charge in [0.1, 0.15) is 0 Å². The third-order valence-corrected chi connectivity index (χ3v) is 7.19. The van der Waals surface area contributed by atoms with Gasteiger partial charge in [0.25, 0.3) is 0 Å². The molecule has 1 aromatic heterocycles. The van der Waals surface area contributed by atoms with Crippen LogP contribution >= 0.6 is 0 Å². The van der Waals surface area contributed by atoms with Crippen molar-refractivity contribution >= 4 is 38.2 Å². The Kier molecular flexibility index (Phi) is 4.58. The third kappa shape index (κ3) is 3.04. The zero-order valence-corrected chi connectivity index (χ0v) is 18.0. The number of para-hydroxylation sites is 1. The zero-order valence-electron chi connectivity index (χ0n) is 18.0. The first-order valence-electron chi connectivity index (χ1n) is 11.5. The Labute approximate surface area is 187 Å². The number of rotatable bonds is 4.